The fourth-order valence-electron chi connectivity index (χ4n) is 8.96. The van der Waals surface area contributed by atoms with E-state index in [9.17, 15) is 71.8 Å². The Balaban J connectivity index is 0.00000137. The van der Waals surface area contributed by atoms with E-state index >= 15 is 0 Å². The number of thioether (sulfide) groups is 1. The van der Waals surface area contributed by atoms with E-state index in [2.05, 4.69) is 52.5 Å². The predicted octanol–water partition coefficient (Wildman–Crippen LogP) is -0.738. The number of nitrogens with zero attached hydrogens (tertiary/aromatic N) is 2. The summed E-state index contributed by atoms with van der Waals surface area (Å²) in [6, 6.07) is 6.20. The molecule has 31 nitrogen and oxygen atoms in total. The van der Waals surface area contributed by atoms with Crippen LogP contribution in [0, 0.1) is 23.7 Å². The Labute approximate surface area is 575 Å². The van der Waals surface area contributed by atoms with Crippen LogP contribution in [0.3, 0.4) is 0 Å². The molecule has 2 aromatic rings. The number of carbonyl (C=O) groups is 13. The van der Waals surface area contributed by atoms with Gasteiger partial charge in [-0.2, -0.15) is 16.2 Å². The van der Waals surface area contributed by atoms with Crippen LogP contribution in [0.15, 0.2) is 53.7 Å². The van der Waals surface area contributed by atoms with Gasteiger partial charge in [0.1, 0.15) is 25.3 Å². The lowest BCUT2D eigenvalue weighted by molar-refractivity contribution is -0.142. The first-order chi connectivity index (χ1) is 46.4. The molecule has 540 valence electrons. The van der Waals surface area contributed by atoms with E-state index in [4.69, 9.17) is 36.1 Å². The van der Waals surface area contributed by atoms with Crippen molar-refractivity contribution in [3.05, 3.63) is 65.7 Å². The van der Waals surface area contributed by atoms with Gasteiger partial charge in [0.2, 0.25) is 53.2 Å². The molecule has 7 atom stereocenters. The molecule has 1 fully saturated rings. The van der Waals surface area contributed by atoms with E-state index in [0.29, 0.717) is 71.1 Å². The van der Waals surface area contributed by atoms with Crippen molar-refractivity contribution in [2.24, 2.45) is 39.9 Å². The molecule has 97 heavy (non-hydrogen) atoms. The van der Waals surface area contributed by atoms with Crippen LogP contribution in [0.4, 0.5) is 4.39 Å². The smallest absolute Gasteiger partial charge is 0.304 e. The second kappa shape index (κ2) is 50.5. The SMILES string of the molecule is CCNC(=O)[C@H](C)NC(=O)[C@@H](CC(=O)[C@@H]1CSSC[C@H](NC(=O)[C@H](CCCCNC(=O)c2ccc([18F])nc2)NC(=O)CSC)C(=O)C[C@@H](CCCN=C(N)N)C(=O)NCC(=O)C[C@@H](CC(=O)O)C(=O)N1)Cc1ccccc1.CCOCCOCCOCCNC(=O)COCC(N)=O. The Morgan fingerprint density at radius 1 is 0.773 bits per heavy atom. The lowest BCUT2D eigenvalue weighted by Gasteiger charge is -2.25. The highest BCUT2D eigenvalue weighted by Crippen LogP contribution is 2.27. The number of primary amides is 1. The van der Waals surface area contributed by atoms with Gasteiger partial charge in [-0.05, 0) is 83.2 Å². The van der Waals surface area contributed by atoms with E-state index in [0.717, 1.165) is 33.9 Å². The van der Waals surface area contributed by atoms with E-state index in [1.54, 1.807) is 43.5 Å². The number of nitrogens with two attached hydrogens (primary N) is 3. The number of nitrogens with one attached hydrogen (secondary N) is 8. The van der Waals surface area contributed by atoms with Crippen LogP contribution in [0.2, 0.25) is 0 Å². The van der Waals surface area contributed by atoms with Gasteiger partial charge in [0.25, 0.3) is 5.91 Å². The summed E-state index contributed by atoms with van der Waals surface area (Å²) in [5.74, 6) is -13.9. The van der Waals surface area contributed by atoms with Crippen molar-refractivity contribution < 1.29 is 90.8 Å². The van der Waals surface area contributed by atoms with Crippen molar-refractivity contribution in [3.63, 3.8) is 0 Å². The summed E-state index contributed by atoms with van der Waals surface area (Å²) in [6.07, 6.45) is 1.38. The van der Waals surface area contributed by atoms with Crippen molar-refractivity contribution in [2.75, 3.05) is 109 Å². The zero-order valence-corrected chi connectivity index (χ0v) is 57.6. The molecule has 1 aromatic heterocycles. The van der Waals surface area contributed by atoms with Crippen molar-refractivity contribution in [1.29, 1.82) is 0 Å². The number of hydrogen-bond acceptors (Lipinski definition) is 22. The number of unbranched alkanes of at least 4 members (excludes halogenated alkanes) is 1. The molecule has 0 bridgehead atoms. The van der Waals surface area contributed by atoms with E-state index in [1.807, 2.05) is 6.92 Å². The summed E-state index contributed by atoms with van der Waals surface area (Å²) in [4.78, 5) is 177. The zero-order chi connectivity index (χ0) is 71.9. The molecule has 0 radical (unpaired) electrons. The number of halogens is 1. The molecule has 3 rings (SSSR count). The maximum absolute atomic E-state index is 14.4. The number of ether oxygens (including phenoxy) is 4. The molecule has 35 heteroatoms. The fourth-order valence-corrected chi connectivity index (χ4v) is 11.7. The first kappa shape index (κ1) is 85.3. The minimum atomic E-state index is -1.50. The van der Waals surface area contributed by atoms with Crippen molar-refractivity contribution in [1.82, 2.24) is 47.5 Å². The summed E-state index contributed by atoms with van der Waals surface area (Å²) in [6.45, 7) is 8.06. The van der Waals surface area contributed by atoms with Gasteiger partial charge in [-0.3, -0.25) is 67.3 Å². The number of hydrogen-bond donors (Lipinski definition) is 12. The van der Waals surface area contributed by atoms with Gasteiger partial charge >= 0.3 is 5.97 Å². The molecular formula is C62H94FN13O18S3. The molecule has 0 unspecified atom stereocenters. The third-order valence-electron chi connectivity index (χ3n) is 13.9. The first-order valence-electron chi connectivity index (χ1n) is 31.5. The average Bonchev–Trinajstić information content (AvgIpc) is 1.40. The van der Waals surface area contributed by atoms with Gasteiger partial charge in [-0.15, -0.1) is 0 Å². The van der Waals surface area contributed by atoms with Crippen LogP contribution in [-0.4, -0.2) is 226 Å². The number of aromatic nitrogens is 1. The predicted molar refractivity (Wildman–Crippen MR) is 362 cm³/mol. The van der Waals surface area contributed by atoms with Crippen LogP contribution in [0.5, 0.6) is 0 Å². The number of carbonyl (C=O) groups excluding carboxylic acids is 12. The zero-order valence-electron chi connectivity index (χ0n) is 55.2. The summed E-state index contributed by atoms with van der Waals surface area (Å²) in [5, 5.41) is 30.9. The summed E-state index contributed by atoms with van der Waals surface area (Å²) in [7, 11) is 2.02. The minimum Gasteiger partial charge on any atom is -0.481 e. The summed E-state index contributed by atoms with van der Waals surface area (Å²) < 4.78 is 33.6. The third kappa shape index (κ3) is 39.2. The number of pyridine rings is 1. The molecule has 0 saturated carbocycles. The molecule has 0 spiro atoms. The molecule has 9 amide bonds. The Morgan fingerprint density at radius 3 is 2.12 bits per heavy atom. The molecule has 0 aliphatic carbocycles. The maximum atomic E-state index is 14.4. The number of amides is 9. The lowest BCUT2D eigenvalue weighted by Crippen LogP contribution is -2.53. The molecule has 1 aliphatic rings. The molecule has 1 aromatic carbocycles. The molecular weight excluding hydrogens is 1330 g/mol. The Hall–Kier alpha value is -7.83. The number of benzene rings is 1. The van der Waals surface area contributed by atoms with Crippen LogP contribution in [0.1, 0.15) is 94.5 Å². The highest BCUT2D eigenvalue weighted by Gasteiger charge is 2.35. The van der Waals surface area contributed by atoms with E-state index in [-0.39, 0.29) is 86.7 Å². The lowest BCUT2D eigenvalue weighted by atomic mass is 9.91. The number of carboxylic acids is 1. The molecule has 1 aliphatic heterocycles. The number of rotatable bonds is 40. The van der Waals surface area contributed by atoms with E-state index in [1.165, 1.54) is 24.8 Å². The van der Waals surface area contributed by atoms with Gasteiger partial charge < -0.3 is 83.8 Å². The number of guanidine groups is 1. The highest BCUT2D eigenvalue weighted by atomic mass is 33.1. The number of Topliss-reactive ketones (excluding diaryl/α,β-unsaturated/α-hetero) is 3. The van der Waals surface area contributed by atoms with Gasteiger partial charge in [-0.25, -0.2) is 4.98 Å². The van der Waals surface area contributed by atoms with Crippen LogP contribution in [0.25, 0.3) is 0 Å². The standard InChI is InChI=1S/C50H70FN11O12S3.C12H24N2O6/c1-4-54-44(69)29(2)59-47(72)33(19-30-11-6-5-7-12-30)22-40(65)37-26-76-77-27-38(62-49(74)36(60-42(66)28-75-3)14-8-9-17-55-46(71)32-15-16-41(51)57-24-32)39(64)21-31(13-10-18-56-50(52)53)45(70)58-25-35(63)20-34(23-43(67)68)48(73)61-37;1-2-17-5-6-19-8-7-18-4-3-14-12(16)10-20-9-11(13)15/h5-7,11-12,15-16,24,29,31,33-34,36-38H,4,8-10,13-14,17-23,25-28H2,1-3H3,(H,54,69)(H,55,71)(H,58,70)(H,59,72)(H,60,66)(H,61,73)(H,62,74)(H,67,68)(H4,52,53,56);2-10H2,1H3,(H2,13,15)(H,14,16)/t29-,31+,33+,34-,36-,37-,38-;/m0./s1/i51-1;. The van der Waals surface area contributed by atoms with Gasteiger partial charge in [0.15, 0.2) is 23.3 Å². The van der Waals surface area contributed by atoms with Crippen molar-refractivity contribution in [2.45, 2.75) is 109 Å². The van der Waals surface area contributed by atoms with Crippen LogP contribution < -0.4 is 59.7 Å². The molecule has 2 heterocycles. The monoisotopic (exact) mass is 1420 g/mol. The number of likely N-dealkylation sites (N-methyl/N-ethyl adjacent to an activating group) is 1. The van der Waals surface area contributed by atoms with E-state index < -0.39 is 151 Å². The summed E-state index contributed by atoms with van der Waals surface area (Å²) >= 11 is 1.21. The summed E-state index contributed by atoms with van der Waals surface area (Å²) in [5.41, 5.74) is 16.6. The minimum absolute atomic E-state index is 0.0000700. The third-order valence-corrected chi connectivity index (χ3v) is 16.8. The number of ketones is 3. The van der Waals surface area contributed by atoms with Crippen molar-refractivity contribution >= 4 is 116 Å². The number of aliphatic imine (C=N–C) groups is 1. The van der Waals surface area contributed by atoms with Crippen LogP contribution in [-0.2, 0) is 82.9 Å². The molecule has 15 N–H and O–H groups in total. The van der Waals surface area contributed by atoms with Gasteiger partial charge in [-0.1, -0.05) is 51.9 Å². The van der Waals surface area contributed by atoms with Crippen molar-refractivity contribution in [3.8, 4) is 0 Å². The second-order valence-electron chi connectivity index (χ2n) is 21.9. The quantitative estimate of drug-likeness (QED) is 0.0129. The Bertz CT molecular complexity index is 2870. The topological polar surface area (TPSA) is 479 Å². The number of carboxylic acid groups (broad SMARTS) is 1. The maximum Gasteiger partial charge on any atom is 0.304 e. The highest BCUT2D eigenvalue weighted by molar-refractivity contribution is 8.76. The molecule has 1 saturated heterocycles. The Kier molecular flexibility index (Phi) is 44.4. The van der Waals surface area contributed by atoms with Gasteiger partial charge in [0, 0.05) is 81.6 Å². The van der Waals surface area contributed by atoms with Crippen LogP contribution >= 0.6 is 33.3 Å². The fraction of sp³-hybridized carbons (Fsp3) is 0.597. The second-order valence-corrected chi connectivity index (χ2v) is 25.3. The normalized spacial score (nSPS) is 17.1. The Morgan fingerprint density at radius 2 is 1.47 bits per heavy atom. The number of aliphatic carboxylic acids is 1. The first-order valence-corrected chi connectivity index (χ1v) is 35.4. The largest absolute Gasteiger partial charge is 0.481 e. The average molecular weight is 1420 g/mol. The van der Waals surface area contributed by atoms with Gasteiger partial charge in [0.05, 0.1) is 75.3 Å².